The van der Waals surface area contributed by atoms with Gasteiger partial charge in [-0.05, 0) is 6.92 Å². The molecule has 1 aromatic heterocycles. The first-order valence-corrected chi connectivity index (χ1v) is 4.86. The number of carboxylic acids is 1. The number of ether oxygens (including phenoxy) is 1. The highest BCUT2D eigenvalue weighted by molar-refractivity contribution is 5.82. The molecule has 17 heavy (non-hydrogen) atoms. The standard InChI is InChI=1S/C10H13N3O4/c1-7-3-8(12-6-11-7)17-5-9(14)13(2)4-10(15)16/h3,6H,4-5H2,1-2H3,(H,15,16). The van der Waals surface area contributed by atoms with Crippen LogP contribution in [0.4, 0.5) is 0 Å². The largest absolute Gasteiger partial charge is 0.480 e. The average molecular weight is 239 g/mol. The summed E-state index contributed by atoms with van der Waals surface area (Å²) in [6, 6.07) is 1.59. The molecule has 0 saturated carbocycles. The van der Waals surface area contributed by atoms with Crippen molar-refractivity contribution in [1.82, 2.24) is 14.9 Å². The van der Waals surface area contributed by atoms with Crippen LogP contribution in [-0.4, -0.2) is 52.1 Å². The molecule has 0 aliphatic heterocycles. The van der Waals surface area contributed by atoms with E-state index in [-0.39, 0.29) is 19.0 Å². The number of aliphatic carboxylic acids is 1. The Bertz CT molecular complexity index is 422. The summed E-state index contributed by atoms with van der Waals surface area (Å²) in [4.78, 5) is 30.6. The highest BCUT2D eigenvalue weighted by atomic mass is 16.5. The lowest BCUT2D eigenvalue weighted by atomic mass is 10.4. The maximum absolute atomic E-state index is 11.4. The van der Waals surface area contributed by atoms with Gasteiger partial charge in [-0.1, -0.05) is 0 Å². The second-order valence-corrected chi connectivity index (χ2v) is 3.43. The zero-order valence-electron chi connectivity index (χ0n) is 9.58. The number of hydrogen-bond donors (Lipinski definition) is 1. The number of rotatable bonds is 5. The van der Waals surface area contributed by atoms with Crippen LogP contribution in [0.3, 0.4) is 0 Å². The number of likely N-dealkylation sites (N-methyl/N-ethyl adjacent to an activating group) is 1. The molecule has 1 amide bonds. The molecule has 7 heteroatoms. The van der Waals surface area contributed by atoms with Gasteiger partial charge in [-0.25, -0.2) is 9.97 Å². The summed E-state index contributed by atoms with van der Waals surface area (Å²) < 4.78 is 5.12. The fourth-order valence-electron chi connectivity index (χ4n) is 1.05. The van der Waals surface area contributed by atoms with Gasteiger partial charge in [0.25, 0.3) is 5.91 Å². The maximum atomic E-state index is 11.4. The van der Waals surface area contributed by atoms with Gasteiger partial charge in [0.05, 0.1) is 0 Å². The molecule has 0 aliphatic rings. The SMILES string of the molecule is Cc1cc(OCC(=O)N(C)CC(=O)O)ncn1. The van der Waals surface area contributed by atoms with Crippen LogP contribution in [0.15, 0.2) is 12.4 Å². The number of amides is 1. The third kappa shape index (κ3) is 4.45. The Morgan fingerprint density at radius 2 is 2.18 bits per heavy atom. The minimum absolute atomic E-state index is 0.250. The van der Waals surface area contributed by atoms with Crippen molar-refractivity contribution in [1.29, 1.82) is 0 Å². The van der Waals surface area contributed by atoms with E-state index in [2.05, 4.69) is 9.97 Å². The predicted molar refractivity (Wildman–Crippen MR) is 57.5 cm³/mol. The molecule has 0 spiro atoms. The molecule has 0 atom stereocenters. The molecule has 0 saturated heterocycles. The first kappa shape index (κ1) is 12.9. The van der Waals surface area contributed by atoms with Crippen molar-refractivity contribution >= 4 is 11.9 Å². The van der Waals surface area contributed by atoms with Crippen LogP contribution in [-0.2, 0) is 9.59 Å². The zero-order chi connectivity index (χ0) is 12.8. The third-order valence-electron chi connectivity index (χ3n) is 1.92. The number of aromatic nitrogens is 2. The van der Waals surface area contributed by atoms with Crippen LogP contribution in [0.1, 0.15) is 5.69 Å². The third-order valence-corrected chi connectivity index (χ3v) is 1.92. The maximum Gasteiger partial charge on any atom is 0.323 e. The van der Waals surface area contributed by atoms with Crippen LogP contribution in [0, 0.1) is 6.92 Å². The van der Waals surface area contributed by atoms with Crippen molar-refractivity contribution in [3.8, 4) is 5.88 Å². The number of nitrogens with zero attached hydrogens (tertiary/aromatic N) is 3. The van der Waals surface area contributed by atoms with Gasteiger partial charge in [0, 0.05) is 18.8 Å². The predicted octanol–water partition coefficient (Wildman–Crippen LogP) is -0.293. The number of carboxylic acid groups (broad SMARTS) is 1. The van der Waals surface area contributed by atoms with Gasteiger partial charge in [0.2, 0.25) is 5.88 Å². The van der Waals surface area contributed by atoms with E-state index in [1.54, 1.807) is 13.0 Å². The summed E-state index contributed by atoms with van der Waals surface area (Å²) in [5.41, 5.74) is 0.723. The molecule has 7 nitrogen and oxygen atoms in total. The van der Waals surface area contributed by atoms with E-state index in [0.717, 1.165) is 10.6 Å². The van der Waals surface area contributed by atoms with Gasteiger partial charge < -0.3 is 14.7 Å². The fourth-order valence-corrected chi connectivity index (χ4v) is 1.05. The van der Waals surface area contributed by atoms with Gasteiger partial charge >= 0.3 is 5.97 Å². The van der Waals surface area contributed by atoms with Crippen molar-refractivity contribution in [2.24, 2.45) is 0 Å². The smallest absolute Gasteiger partial charge is 0.323 e. The number of hydrogen-bond acceptors (Lipinski definition) is 5. The molecular formula is C10H13N3O4. The molecule has 1 rings (SSSR count). The van der Waals surface area contributed by atoms with Crippen molar-refractivity contribution in [2.45, 2.75) is 6.92 Å². The van der Waals surface area contributed by atoms with Crippen LogP contribution < -0.4 is 4.74 Å². The topological polar surface area (TPSA) is 92.6 Å². The van der Waals surface area contributed by atoms with Gasteiger partial charge in [0.15, 0.2) is 6.61 Å². The summed E-state index contributed by atoms with van der Waals surface area (Å²) in [5, 5.41) is 8.50. The number of carbonyl (C=O) groups is 2. The Labute approximate surface area is 98.1 Å². The highest BCUT2D eigenvalue weighted by Gasteiger charge is 2.12. The summed E-state index contributed by atoms with van der Waals surface area (Å²) in [6.07, 6.45) is 1.33. The molecule has 1 N–H and O–H groups in total. The first-order valence-electron chi connectivity index (χ1n) is 4.86. The van der Waals surface area contributed by atoms with Crippen molar-refractivity contribution < 1.29 is 19.4 Å². The average Bonchev–Trinajstić information content (AvgIpc) is 2.25. The first-order chi connectivity index (χ1) is 7.99. The van der Waals surface area contributed by atoms with Gasteiger partial charge in [-0.3, -0.25) is 9.59 Å². The van der Waals surface area contributed by atoms with E-state index in [1.807, 2.05) is 0 Å². The minimum atomic E-state index is -1.07. The van der Waals surface area contributed by atoms with Crippen LogP contribution in [0.25, 0.3) is 0 Å². The molecule has 1 heterocycles. The second-order valence-electron chi connectivity index (χ2n) is 3.43. The van der Waals surface area contributed by atoms with E-state index in [0.29, 0.717) is 0 Å². The molecule has 0 radical (unpaired) electrons. The normalized spacial score (nSPS) is 9.76. The van der Waals surface area contributed by atoms with Crippen molar-refractivity contribution in [2.75, 3.05) is 20.2 Å². The number of aryl methyl sites for hydroxylation is 1. The van der Waals surface area contributed by atoms with E-state index < -0.39 is 11.9 Å². The summed E-state index contributed by atoms with van der Waals surface area (Å²) in [6.45, 7) is 1.16. The molecule has 1 aromatic rings. The van der Waals surface area contributed by atoms with Gasteiger partial charge in [-0.2, -0.15) is 0 Å². The van der Waals surface area contributed by atoms with E-state index in [9.17, 15) is 9.59 Å². The Balaban J connectivity index is 2.45. The monoisotopic (exact) mass is 239 g/mol. The summed E-state index contributed by atoms with van der Waals surface area (Å²) in [7, 11) is 1.39. The Morgan fingerprint density at radius 1 is 1.47 bits per heavy atom. The van der Waals surface area contributed by atoms with Crippen molar-refractivity contribution in [3.05, 3.63) is 18.1 Å². The quantitative estimate of drug-likeness (QED) is 0.758. The van der Waals surface area contributed by atoms with Crippen molar-refractivity contribution in [3.63, 3.8) is 0 Å². The molecule has 0 fully saturated rings. The molecule has 0 unspecified atom stereocenters. The lowest BCUT2D eigenvalue weighted by Crippen LogP contribution is -2.35. The van der Waals surface area contributed by atoms with Gasteiger partial charge in [-0.15, -0.1) is 0 Å². The Hall–Kier alpha value is -2.18. The summed E-state index contributed by atoms with van der Waals surface area (Å²) in [5.74, 6) is -1.21. The zero-order valence-corrected chi connectivity index (χ0v) is 9.58. The van der Waals surface area contributed by atoms with Crippen LogP contribution in [0.2, 0.25) is 0 Å². The highest BCUT2D eigenvalue weighted by Crippen LogP contribution is 2.05. The minimum Gasteiger partial charge on any atom is -0.480 e. The molecular weight excluding hydrogens is 226 g/mol. The molecule has 0 aromatic carbocycles. The van der Waals surface area contributed by atoms with E-state index >= 15 is 0 Å². The van der Waals surface area contributed by atoms with E-state index in [1.165, 1.54) is 13.4 Å². The van der Waals surface area contributed by atoms with Gasteiger partial charge in [0.1, 0.15) is 12.9 Å². The lowest BCUT2D eigenvalue weighted by Gasteiger charge is -2.14. The van der Waals surface area contributed by atoms with E-state index in [4.69, 9.17) is 9.84 Å². The lowest BCUT2D eigenvalue weighted by molar-refractivity contribution is -0.144. The van der Waals surface area contributed by atoms with Crippen LogP contribution in [0.5, 0.6) is 5.88 Å². The fraction of sp³-hybridized carbons (Fsp3) is 0.400. The molecule has 0 bridgehead atoms. The second kappa shape index (κ2) is 5.78. The molecule has 92 valence electrons. The Morgan fingerprint density at radius 3 is 2.76 bits per heavy atom. The summed E-state index contributed by atoms with van der Waals surface area (Å²) >= 11 is 0. The Kier molecular flexibility index (Phi) is 4.38. The number of carbonyl (C=O) groups excluding carboxylic acids is 1. The van der Waals surface area contributed by atoms with Crippen LogP contribution >= 0.6 is 0 Å². The molecule has 0 aliphatic carbocycles.